The van der Waals surface area contributed by atoms with E-state index in [1.165, 1.54) is 6.07 Å². The first kappa shape index (κ1) is 14.4. The summed E-state index contributed by atoms with van der Waals surface area (Å²) in [5.41, 5.74) is 7.04. The predicted molar refractivity (Wildman–Crippen MR) is 84.5 cm³/mol. The minimum atomic E-state index is -0.293. The zero-order chi connectivity index (χ0) is 14.8. The Morgan fingerprint density at radius 2 is 2.19 bits per heavy atom. The maximum absolute atomic E-state index is 14.0. The van der Waals surface area contributed by atoms with Crippen LogP contribution in [0.3, 0.4) is 0 Å². The molecule has 3 rings (SSSR count). The zero-order valence-corrected chi connectivity index (χ0v) is 13.1. The summed E-state index contributed by atoms with van der Waals surface area (Å²) in [4.78, 5) is 10.9. The highest BCUT2D eigenvalue weighted by atomic mass is 79.9. The van der Waals surface area contributed by atoms with Gasteiger partial charge in [0.15, 0.2) is 0 Å². The summed E-state index contributed by atoms with van der Waals surface area (Å²) < 4.78 is 14.8. The largest absolute Gasteiger partial charge is 0.339 e. The van der Waals surface area contributed by atoms with Gasteiger partial charge >= 0.3 is 0 Å². The third-order valence-corrected chi connectivity index (χ3v) is 4.08. The van der Waals surface area contributed by atoms with Crippen LogP contribution < -0.4 is 10.6 Å². The van der Waals surface area contributed by atoms with Crippen LogP contribution in [0.2, 0.25) is 0 Å². The molecule has 1 atom stereocenters. The number of piperidine rings is 1. The number of rotatable bonds is 2. The number of hydrogen-bond acceptors (Lipinski definition) is 4. The Labute approximate surface area is 131 Å². The van der Waals surface area contributed by atoms with Gasteiger partial charge in [0.2, 0.25) is 5.95 Å². The van der Waals surface area contributed by atoms with Crippen molar-refractivity contribution in [1.82, 2.24) is 9.97 Å². The highest BCUT2D eigenvalue weighted by Crippen LogP contribution is 2.26. The Bertz CT molecular complexity index is 649. The lowest BCUT2D eigenvalue weighted by Gasteiger charge is -2.30. The second-order valence-electron chi connectivity index (χ2n) is 5.21. The van der Waals surface area contributed by atoms with E-state index in [0.717, 1.165) is 30.4 Å². The molecule has 2 aromatic rings. The van der Waals surface area contributed by atoms with Crippen LogP contribution in [0.15, 0.2) is 34.9 Å². The summed E-state index contributed by atoms with van der Waals surface area (Å²) in [6, 6.07) is 6.69. The molecule has 0 radical (unpaired) electrons. The molecular weight excluding hydrogens is 335 g/mol. The number of hydrogen-bond donors (Lipinski definition) is 1. The van der Waals surface area contributed by atoms with Crippen molar-refractivity contribution < 1.29 is 4.39 Å². The lowest BCUT2D eigenvalue weighted by molar-refractivity contribution is 0.500. The van der Waals surface area contributed by atoms with Crippen molar-refractivity contribution in [3.63, 3.8) is 0 Å². The number of aromatic nitrogens is 2. The van der Waals surface area contributed by atoms with E-state index in [9.17, 15) is 4.39 Å². The van der Waals surface area contributed by atoms with Crippen LogP contribution in [0.25, 0.3) is 11.3 Å². The first-order chi connectivity index (χ1) is 10.1. The van der Waals surface area contributed by atoms with Gasteiger partial charge in [-0.25, -0.2) is 14.4 Å². The lowest BCUT2D eigenvalue weighted by atomic mass is 10.1. The third-order valence-electron chi connectivity index (χ3n) is 3.59. The Morgan fingerprint density at radius 1 is 1.33 bits per heavy atom. The van der Waals surface area contributed by atoms with Crippen molar-refractivity contribution in [3.8, 4) is 11.3 Å². The van der Waals surface area contributed by atoms with Gasteiger partial charge in [-0.15, -0.1) is 0 Å². The van der Waals surface area contributed by atoms with Gasteiger partial charge in [-0.1, -0.05) is 15.9 Å². The Morgan fingerprint density at radius 3 is 3.00 bits per heavy atom. The smallest absolute Gasteiger partial charge is 0.225 e. The fourth-order valence-corrected chi connectivity index (χ4v) is 2.90. The zero-order valence-electron chi connectivity index (χ0n) is 11.5. The standard InChI is InChI=1S/C15H16BrFN4/c16-10-3-4-13(17)12(8-10)14-5-6-19-15(20-14)21-7-1-2-11(18)9-21/h3-6,8,11H,1-2,7,9,18H2. The van der Waals surface area contributed by atoms with Gasteiger partial charge in [-0.2, -0.15) is 0 Å². The topological polar surface area (TPSA) is 55.0 Å². The lowest BCUT2D eigenvalue weighted by Crippen LogP contribution is -2.43. The van der Waals surface area contributed by atoms with Crippen LogP contribution in [-0.2, 0) is 0 Å². The molecule has 2 heterocycles. The molecule has 0 spiro atoms. The molecule has 1 aliphatic rings. The molecule has 4 nitrogen and oxygen atoms in total. The molecule has 6 heteroatoms. The summed E-state index contributed by atoms with van der Waals surface area (Å²) in [6.07, 6.45) is 3.72. The molecule has 0 bridgehead atoms. The monoisotopic (exact) mass is 350 g/mol. The van der Waals surface area contributed by atoms with E-state index in [1.807, 2.05) is 0 Å². The first-order valence-electron chi connectivity index (χ1n) is 6.92. The van der Waals surface area contributed by atoms with Crippen LogP contribution in [0, 0.1) is 5.82 Å². The van der Waals surface area contributed by atoms with Gasteiger partial charge in [-0.05, 0) is 37.1 Å². The Hall–Kier alpha value is -1.53. The maximum atomic E-state index is 14.0. The molecule has 0 amide bonds. The fraction of sp³-hybridized carbons (Fsp3) is 0.333. The average Bonchev–Trinajstić information content (AvgIpc) is 2.50. The summed E-state index contributed by atoms with van der Waals surface area (Å²) in [5.74, 6) is 0.320. The van der Waals surface area contributed by atoms with E-state index in [2.05, 4.69) is 30.8 Å². The molecule has 1 fully saturated rings. The van der Waals surface area contributed by atoms with E-state index in [4.69, 9.17) is 5.73 Å². The molecule has 1 aromatic carbocycles. The Kier molecular flexibility index (Phi) is 4.17. The van der Waals surface area contributed by atoms with Gasteiger partial charge in [0.25, 0.3) is 0 Å². The third kappa shape index (κ3) is 3.22. The summed E-state index contributed by atoms with van der Waals surface area (Å²) in [5, 5.41) is 0. The van der Waals surface area contributed by atoms with E-state index >= 15 is 0 Å². The van der Waals surface area contributed by atoms with Crippen molar-refractivity contribution >= 4 is 21.9 Å². The number of anilines is 1. The summed E-state index contributed by atoms with van der Waals surface area (Å²) in [7, 11) is 0. The van der Waals surface area contributed by atoms with Crippen LogP contribution in [0.4, 0.5) is 10.3 Å². The van der Waals surface area contributed by atoms with E-state index in [-0.39, 0.29) is 11.9 Å². The van der Waals surface area contributed by atoms with Gasteiger partial charge in [-0.3, -0.25) is 0 Å². The normalized spacial score (nSPS) is 18.8. The SMILES string of the molecule is NC1CCCN(c2nccc(-c3cc(Br)ccc3F)n2)C1. The molecule has 1 aromatic heterocycles. The fourth-order valence-electron chi connectivity index (χ4n) is 2.54. The first-order valence-corrected chi connectivity index (χ1v) is 7.72. The van der Waals surface area contributed by atoms with Crippen molar-refractivity contribution in [2.75, 3.05) is 18.0 Å². The maximum Gasteiger partial charge on any atom is 0.225 e. The van der Waals surface area contributed by atoms with Crippen molar-refractivity contribution in [2.24, 2.45) is 5.73 Å². The summed E-state index contributed by atoms with van der Waals surface area (Å²) in [6.45, 7) is 1.63. The molecule has 0 aliphatic carbocycles. The summed E-state index contributed by atoms with van der Waals surface area (Å²) >= 11 is 3.36. The number of nitrogens with two attached hydrogens (primary N) is 1. The van der Waals surface area contributed by atoms with Gasteiger partial charge in [0, 0.05) is 35.4 Å². The molecule has 1 aliphatic heterocycles. The second kappa shape index (κ2) is 6.07. The van der Waals surface area contributed by atoms with Gasteiger partial charge in [0.05, 0.1) is 5.69 Å². The highest BCUT2D eigenvalue weighted by Gasteiger charge is 2.19. The molecule has 1 unspecified atom stereocenters. The molecule has 0 saturated carbocycles. The van der Waals surface area contributed by atoms with Crippen molar-refractivity contribution in [3.05, 3.63) is 40.8 Å². The number of nitrogens with zero attached hydrogens (tertiary/aromatic N) is 3. The van der Waals surface area contributed by atoms with Crippen LogP contribution >= 0.6 is 15.9 Å². The van der Waals surface area contributed by atoms with Crippen LogP contribution in [0.1, 0.15) is 12.8 Å². The van der Waals surface area contributed by atoms with Gasteiger partial charge in [0.1, 0.15) is 5.82 Å². The Balaban J connectivity index is 1.94. The molecular formula is C15H16BrFN4. The van der Waals surface area contributed by atoms with E-state index in [0.29, 0.717) is 17.2 Å². The average molecular weight is 351 g/mol. The minimum absolute atomic E-state index is 0.147. The van der Waals surface area contributed by atoms with E-state index in [1.54, 1.807) is 24.4 Å². The van der Waals surface area contributed by atoms with Gasteiger partial charge < -0.3 is 10.6 Å². The van der Waals surface area contributed by atoms with Crippen LogP contribution in [-0.4, -0.2) is 29.1 Å². The quantitative estimate of drug-likeness (QED) is 0.904. The minimum Gasteiger partial charge on any atom is -0.339 e. The van der Waals surface area contributed by atoms with Crippen molar-refractivity contribution in [1.29, 1.82) is 0 Å². The molecule has 1 saturated heterocycles. The van der Waals surface area contributed by atoms with Crippen molar-refractivity contribution in [2.45, 2.75) is 18.9 Å². The molecule has 21 heavy (non-hydrogen) atoms. The highest BCUT2D eigenvalue weighted by molar-refractivity contribution is 9.10. The second-order valence-corrected chi connectivity index (χ2v) is 6.13. The number of benzene rings is 1. The van der Waals surface area contributed by atoms with Crippen LogP contribution in [0.5, 0.6) is 0 Å². The molecule has 2 N–H and O–H groups in total. The molecule has 110 valence electrons. The number of halogens is 2. The predicted octanol–water partition coefficient (Wildman–Crippen LogP) is 2.97. The van der Waals surface area contributed by atoms with E-state index < -0.39 is 0 Å².